The van der Waals surface area contributed by atoms with Gasteiger partial charge < -0.3 is 11.5 Å². The third kappa shape index (κ3) is 2.20. The molecule has 0 saturated heterocycles. The molecule has 4 N–H and O–H groups in total. The van der Waals surface area contributed by atoms with Crippen LogP contribution in [0.5, 0.6) is 0 Å². The van der Waals surface area contributed by atoms with Gasteiger partial charge in [0.15, 0.2) is 0 Å². The Hall–Kier alpha value is -0.0800. The zero-order valence-electron chi connectivity index (χ0n) is 8.56. The second-order valence-electron chi connectivity index (χ2n) is 5.52. The normalized spacial score (nSPS) is 41.2. The van der Waals surface area contributed by atoms with Gasteiger partial charge in [-0.3, -0.25) is 0 Å². The summed E-state index contributed by atoms with van der Waals surface area (Å²) >= 11 is 0. The Morgan fingerprint density at radius 3 is 2.25 bits per heavy atom. The van der Waals surface area contributed by atoms with Crippen molar-refractivity contribution in [3.8, 4) is 0 Å². The Balaban J connectivity index is 2.70. The molecule has 1 aliphatic rings. The maximum absolute atomic E-state index is 6.01. The van der Waals surface area contributed by atoms with E-state index in [1.54, 1.807) is 0 Å². The molecule has 0 aromatic carbocycles. The first-order valence-electron chi connectivity index (χ1n) is 4.83. The topological polar surface area (TPSA) is 52.0 Å². The summed E-state index contributed by atoms with van der Waals surface area (Å²) in [6.07, 6.45) is 3.44. The second-order valence-corrected chi connectivity index (χ2v) is 5.52. The quantitative estimate of drug-likeness (QED) is 0.626. The van der Waals surface area contributed by atoms with Gasteiger partial charge in [0.05, 0.1) is 0 Å². The zero-order valence-corrected chi connectivity index (χ0v) is 8.56. The fraction of sp³-hybridized carbons (Fsp3) is 1.00. The summed E-state index contributed by atoms with van der Waals surface area (Å²) < 4.78 is 0. The van der Waals surface area contributed by atoms with Gasteiger partial charge >= 0.3 is 0 Å². The molecular formula is C10H22N2. The molecule has 0 heterocycles. The molecule has 0 aliphatic heterocycles. The summed E-state index contributed by atoms with van der Waals surface area (Å²) in [5.74, 6) is 0. The van der Waals surface area contributed by atoms with Crippen molar-refractivity contribution in [3.05, 3.63) is 0 Å². The summed E-state index contributed by atoms with van der Waals surface area (Å²) in [5, 5.41) is 0. The van der Waals surface area contributed by atoms with E-state index in [-0.39, 0.29) is 5.41 Å². The minimum absolute atomic E-state index is 0.279. The Kier molecular flexibility index (Phi) is 2.50. The molecular weight excluding hydrogens is 148 g/mol. The first-order valence-corrected chi connectivity index (χ1v) is 4.83. The molecule has 0 amide bonds. The molecule has 0 aromatic heterocycles. The molecule has 0 unspecified atom stereocenters. The molecule has 0 spiro atoms. The number of hydrogen-bond acceptors (Lipinski definition) is 2. The van der Waals surface area contributed by atoms with Gasteiger partial charge in [0.1, 0.15) is 0 Å². The van der Waals surface area contributed by atoms with Crippen LogP contribution in [-0.2, 0) is 0 Å². The third-order valence-corrected chi connectivity index (χ3v) is 2.97. The predicted octanol–water partition coefficient (Wildman–Crippen LogP) is 1.49. The van der Waals surface area contributed by atoms with Crippen molar-refractivity contribution in [3.63, 3.8) is 0 Å². The third-order valence-electron chi connectivity index (χ3n) is 2.97. The average Bonchev–Trinajstić information content (AvgIpc) is 1.82. The van der Waals surface area contributed by atoms with Crippen LogP contribution in [0.1, 0.15) is 40.0 Å². The van der Waals surface area contributed by atoms with Crippen molar-refractivity contribution < 1.29 is 0 Å². The molecule has 12 heavy (non-hydrogen) atoms. The van der Waals surface area contributed by atoms with Crippen LogP contribution in [0.2, 0.25) is 0 Å². The highest BCUT2D eigenvalue weighted by molar-refractivity contribution is 4.93. The van der Waals surface area contributed by atoms with E-state index in [9.17, 15) is 0 Å². The SMILES string of the molecule is CC1(C)C[C@@H](N)C[C@@](C)(CN)C1. The molecule has 1 aliphatic carbocycles. The van der Waals surface area contributed by atoms with Crippen LogP contribution in [0.25, 0.3) is 0 Å². The first-order chi connectivity index (χ1) is 5.37. The molecule has 2 nitrogen and oxygen atoms in total. The lowest BCUT2D eigenvalue weighted by Crippen LogP contribution is -2.45. The van der Waals surface area contributed by atoms with E-state index in [4.69, 9.17) is 11.5 Å². The van der Waals surface area contributed by atoms with Gasteiger partial charge in [-0.15, -0.1) is 0 Å². The van der Waals surface area contributed by atoms with Gasteiger partial charge in [-0.2, -0.15) is 0 Å². The summed E-state index contributed by atoms with van der Waals surface area (Å²) in [6.45, 7) is 7.61. The van der Waals surface area contributed by atoms with Gasteiger partial charge in [0.2, 0.25) is 0 Å². The van der Waals surface area contributed by atoms with Crippen LogP contribution in [0.15, 0.2) is 0 Å². The van der Waals surface area contributed by atoms with Gasteiger partial charge in [0, 0.05) is 6.04 Å². The van der Waals surface area contributed by atoms with Crippen molar-refractivity contribution in [1.29, 1.82) is 0 Å². The van der Waals surface area contributed by atoms with E-state index in [1.165, 1.54) is 6.42 Å². The minimum atomic E-state index is 0.279. The van der Waals surface area contributed by atoms with E-state index < -0.39 is 0 Å². The first kappa shape index (κ1) is 10.0. The largest absolute Gasteiger partial charge is 0.330 e. The van der Waals surface area contributed by atoms with E-state index >= 15 is 0 Å². The predicted molar refractivity (Wildman–Crippen MR) is 52.8 cm³/mol. The zero-order chi connectivity index (χ0) is 9.41. The van der Waals surface area contributed by atoms with Crippen LogP contribution in [0.3, 0.4) is 0 Å². The van der Waals surface area contributed by atoms with Gasteiger partial charge in [-0.1, -0.05) is 20.8 Å². The maximum atomic E-state index is 6.01. The fourth-order valence-corrected chi connectivity index (χ4v) is 2.87. The van der Waals surface area contributed by atoms with Crippen LogP contribution in [0.4, 0.5) is 0 Å². The standard InChI is InChI=1S/C10H22N2/c1-9(2)4-8(12)5-10(3,6-9)7-11/h8H,4-7,11-12H2,1-3H3/t8-,10-/m1/s1. The van der Waals surface area contributed by atoms with Crippen molar-refractivity contribution in [2.75, 3.05) is 6.54 Å². The number of hydrogen-bond donors (Lipinski definition) is 2. The molecule has 1 rings (SSSR count). The van der Waals surface area contributed by atoms with Gasteiger partial charge in [-0.25, -0.2) is 0 Å². The minimum Gasteiger partial charge on any atom is -0.330 e. The van der Waals surface area contributed by atoms with Crippen molar-refractivity contribution >= 4 is 0 Å². The van der Waals surface area contributed by atoms with Gasteiger partial charge in [0.25, 0.3) is 0 Å². The van der Waals surface area contributed by atoms with Crippen LogP contribution in [0, 0.1) is 10.8 Å². The molecule has 0 aromatic rings. The van der Waals surface area contributed by atoms with Crippen LogP contribution < -0.4 is 11.5 Å². The summed E-state index contributed by atoms with van der Waals surface area (Å²) in [4.78, 5) is 0. The second kappa shape index (κ2) is 3.00. The fourth-order valence-electron chi connectivity index (χ4n) is 2.87. The van der Waals surface area contributed by atoms with Crippen molar-refractivity contribution in [1.82, 2.24) is 0 Å². The maximum Gasteiger partial charge on any atom is 0.00495 e. The Labute approximate surface area is 75.7 Å². The number of rotatable bonds is 1. The van der Waals surface area contributed by atoms with Crippen LogP contribution >= 0.6 is 0 Å². The van der Waals surface area contributed by atoms with Crippen molar-refractivity contribution in [2.45, 2.75) is 46.1 Å². The molecule has 2 atom stereocenters. The monoisotopic (exact) mass is 170 g/mol. The molecule has 0 bridgehead atoms. The lowest BCUT2D eigenvalue weighted by molar-refractivity contribution is 0.0904. The lowest BCUT2D eigenvalue weighted by atomic mass is 9.63. The van der Waals surface area contributed by atoms with E-state index in [0.29, 0.717) is 11.5 Å². The number of nitrogens with two attached hydrogens (primary N) is 2. The van der Waals surface area contributed by atoms with E-state index in [2.05, 4.69) is 20.8 Å². The molecule has 2 heteroatoms. The van der Waals surface area contributed by atoms with E-state index in [1.807, 2.05) is 0 Å². The summed E-state index contributed by atoms with van der Waals surface area (Å²) in [5.41, 5.74) is 12.4. The van der Waals surface area contributed by atoms with Crippen LogP contribution in [-0.4, -0.2) is 12.6 Å². The smallest absolute Gasteiger partial charge is 0.00495 e. The summed E-state index contributed by atoms with van der Waals surface area (Å²) in [6, 6.07) is 0.349. The molecule has 0 radical (unpaired) electrons. The highest BCUT2D eigenvalue weighted by Crippen LogP contribution is 2.44. The Morgan fingerprint density at radius 1 is 1.25 bits per heavy atom. The highest BCUT2D eigenvalue weighted by Gasteiger charge is 2.38. The van der Waals surface area contributed by atoms with E-state index in [0.717, 1.165) is 19.4 Å². The molecule has 1 fully saturated rings. The average molecular weight is 170 g/mol. The molecule has 72 valence electrons. The molecule has 1 saturated carbocycles. The lowest BCUT2D eigenvalue weighted by Gasteiger charge is -2.45. The summed E-state index contributed by atoms with van der Waals surface area (Å²) in [7, 11) is 0. The van der Waals surface area contributed by atoms with Gasteiger partial charge in [-0.05, 0) is 36.6 Å². The highest BCUT2D eigenvalue weighted by atomic mass is 14.7. The Bertz CT molecular complexity index is 165. The van der Waals surface area contributed by atoms with Crippen molar-refractivity contribution in [2.24, 2.45) is 22.3 Å². The Morgan fingerprint density at radius 2 is 1.83 bits per heavy atom.